The summed E-state index contributed by atoms with van der Waals surface area (Å²) >= 11 is 0. The molecule has 18 heavy (non-hydrogen) atoms. The van der Waals surface area contributed by atoms with Crippen molar-refractivity contribution in [2.24, 2.45) is 0 Å². The van der Waals surface area contributed by atoms with Gasteiger partial charge in [0.05, 0.1) is 11.0 Å². The molecule has 4 nitrogen and oxygen atoms in total. The van der Waals surface area contributed by atoms with Gasteiger partial charge in [-0.3, -0.25) is 0 Å². The fraction of sp³-hybridized carbons (Fsp3) is 0.500. The Morgan fingerprint density at radius 1 is 1.39 bits per heavy atom. The minimum atomic E-state index is 0.609. The maximum Gasteiger partial charge on any atom is 0.104 e. The molecule has 1 aromatic heterocycles. The highest BCUT2D eigenvalue weighted by Gasteiger charge is 2.11. The number of nitrogens with zero attached hydrogens (tertiary/aromatic N) is 1. The van der Waals surface area contributed by atoms with Crippen LogP contribution in [0.3, 0.4) is 0 Å². The van der Waals surface area contributed by atoms with Crippen LogP contribution in [0.1, 0.15) is 25.1 Å². The Bertz CT molecular complexity index is 526. The number of piperidine rings is 1. The number of aromatic amines is 1. The van der Waals surface area contributed by atoms with Crippen molar-refractivity contribution in [3.05, 3.63) is 24.0 Å². The van der Waals surface area contributed by atoms with Gasteiger partial charge in [-0.05, 0) is 44.5 Å². The minimum Gasteiger partial charge on any atom is -0.383 e. The average Bonchev–Trinajstić information content (AvgIpc) is 2.77. The third-order valence-corrected chi connectivity index (χ3v) is 3.57. The second-order valence-corrected chi connectivity index (χ2v) is 5.08. The standard InChI is InChI=1S/C14H20N4/c1-10-17-13-6-5-11(8-14(13)18-10)16-9-12-4-2-3-7-15-12/h5-6,8,12,15-16H,2-4,7,9H2,1H3,(H,17,18). The third-order valence-electron chi connectivity index (χ3n) is 3.57. The number of H-pyrrole nitrogens is 1. The third kappa shape index (κ3) is 2.48. The van der Waals surface area contributed by atoms with Gasteiger partial charge in [0.15, 0.2) is 0 Å². The van der Waals surface area contributed by atoms with Gasteiger partial charge in [0.2, 0.25) is 0 Å². The Morgan fingerprint density at radius 3 is 3.17 bits per heavy atom. The maximum atomic E-state index is 4.41. The molecule has 0 aliphatic carbocycles. The average molecular weight is 244 g/mol. The van der Waals surface area contributed by atoms with E-state index in [4.69, 9.17) is 0 Å². The van der Waals surface area contributed by atoms with E-state index in [0.29, 0.717) is 6.04 Å². The van der Waals surface area contributed by atoms with E-state index in [1.165, 1.54) is 24.9 Å². The van der Waals surface area contributed by atoms with Crippen molar-refractivity contribution >= 4 is 16.7 Å². The number of nitrogens with one attached hydrogen (secondary N) is 3. The number of fused-ring (bicyclic) bond motifs is 1. The van der Waals surface area contributed by atoms with E-state index in [0.717, 1.165) is 29.9 Å². The number of aromatic nitrogens is 2. The van der Waals surface area contributed by atoms with E-state index in [9.17, 15) is 0 Å². The Morgan fingerprint density at radius 2 is 2.33 bits per heavy atom. The van der Waals surface area contributed by atoms with Gasteiger partial charge in [-0.15, -0.1) is 0 Å². The van der Waals surface area contributed by atoms with Crippen molar-refractivity contribution < 1.29 is 0 Å². The van der Waals surface area contributed by atoms with E-state index in [2.05, 4.69) is 38.8 Å². The number of benzene rings is 1. The van der Waals surface area contributed by atoms with Gasteiger partial charge in [-0.2, -0.15) is 0 Å². The van der Waals surface area contributed by atoms with Gasteiger partial charge in [0.25, 0.3) is 0 Å². The smallest absolute Gasteiger partial charge is 0.104 e. The quantitative estimate of drug-likeness (QED) is 0.777. The molecule has 1 saturated heterocycles. The summed E-state index contributed by atoms with van der Waals surface area (Å²) in [5.74, 6) is 0.969. The first kappa shape index (κ1) is 11.5. The molecule has 1 aromatic carbocycles. The Hall–Kier alpha value is -1.55. The summed E-state index contributed by atoms with van der Waals surface area (Å²) in [4.78, 5) is 7.68. The van der Waals surface area contributed by atoms with Crippen LogP contribution in [0.25, 0.3) is 11.0 Å². The van der Waals surface area contributed by atoms with Crippen LogP contribution in [0, 0.1) is 6.92 Å². The van der Waals surface area contributed by atoms with Crippen molar-refractivity contribution in [1.82, 2.24) is 15.3 Å². The van der Waals surface area contributed by atoms with E-state index in [1.54, 1.807) is 0 Å². The van der Waals surface area contributed by atoms with E-state index in [1.807, 2.05) is 6.92 Å². The largest absolute Gasteiger partial charge is 0.383 e. The molecule has 0 radical (unpaired) electrons. The molecular weight excluding hydrogens is 224 g/mol. The lowest BCUT2D eigenvalue weighted by molar-refractivity contribution is 0.414. The monoisotopic (exact) mass is 244 g/mol. The molecule has 0 spiro atoms. The Kier molecular flexibility index (Phi) is 3.19. The van der Waals surface area contributed by atoms with Crippen molar-refractivity contribution in [3.63, 3.8) is 0 Å². The first-order valence-electron chi connectivity index (χ1n) is 6.75. The molecule has 1 unspecified atom stereocenters. The molecule has 96 valence electrons. The van der Waals surface area contributed by atoms with E-state index >= 15 is 0 Å². The number of aryl methyl sites for hydroxylation is 1. The molecule has 1 aliphatic rings. The van der Waals surface area contributed by atoms with Gasteiger partial charge in [0.1, 0.15) is 5.82 Å². The van der Waals surface area contributed by atoms with Crippen LogP contribution in [0.2, 0.25) is 0 Å². The number of imidazole rings is 1. The molecule has 2 heterocycles. The summed E-state index contributed by atoms with van der Waals surface area (Å²) in [6.07, 6.45) is 3.94. The van der Waals surface area contributed by atoms with Crippen molar-refractivity contribution in [3.8, 4) is 0 Å². The van der Waals surface area contributed by atoms with Gasteiger partial charge < -0.3 is 15.6 Å². The van der Waals surface area contributed by atoms with Gasteiger partial charge >= 0.3 is 0 Å². The van der Waals surface area contributed by atoms with Crippen LogP contribution in [0.4, 0.5) is 5.69 Å². The molecule has 2 aromatic rings. The van der Waals surface area contributed by atoms with Crippen molar-refractivity contribution in [2.45, 2.75) is 32.2 Å². The number of anilines is 1. The molecule has 3 rings (SSSR count). The van der Waals surface area contributed by atoms with Crippen LogP contribution in [0.15, 0.2) is 18.2 Å². The fourth-order valence-corrected chi connectivity index (χ4v) is 2.59. The number of hydrogen-bond acceptors (Lipinski definition) is 3. The highest BCUT2D eigenvalue weighted by atomic mass is 15.0. The molecule has 3 N–H and O–H groups in total. The first-order chi connectivity index (χ1) is 8.81. The second-order valence-electron chi connectivity index (χ2n) is 5.08. The topological polar surface area (TPSA) is 52.7 Å². The predicted molar refractivity (Wildman–Crippen MR) is 75.0 cm³/mol. The summed E-state index contributed by atoms with van der Waals surface area (Å²) < 4.78 is 0. The minimum absolute atomic E-state index is 0.609. The molecule has 0 amide bonds. The van der Waals surface area contributed by atoms with Crippen LogP contribution in [0.5, 0.6) is 0 Å². The lowest BCUT2D eigenvalue weighted by Gasteiger charge is -2.24. The van der Waals surface area contributed by atoms with E-state index < -0.39 is 0 Å². The van der Waals surface area contributed by atoms with Gasteiger partial charge in [-0.1, -0.05) is 6.42 Å². The lowest BCUT2D eigenvalue weighted by atomic mass is 10.1. The molecular formula is C14H20N4. The maximum absolute atomic E-state index is 4.41. The number of hydrogen-bond donors (Lipinski definition) is 3. The zero-order valence-electron chi connectivity index (χ0n) is 10.8. The summed E-state index contributed by atoms with van der Waals surface area (Å²) in [6, 6.07) is 6.91. The van der Waals surface area contributed by atoms with Crippen LogP contribution < -0.4 is 10.6 Å². The normalized spacial score (nSPS) is 20.2. The van der Waals surface area contributed by atoms with Crippen molar-refractivity contribution in [1.29, 1.82) is 0 Å². The molecule has 0 saturated carbocycles. The second kappa shape index (κ2) is 4.98. The van der Waals surface area contributed by atoms with Gasteiger partial charge in [0, 0.05) is 18.3 Å². The summed E-state index contributed by atoms with van der Waals surface area (Å²) in [7, 11) is 0. The SMILES string of the molecule is Cc1nc2ccc(NCC3CCCCN3)cc2[nH]1. The van der Waals surface area contributed by atoms with Gasteiger partial charge in [-0.25, -0.2) is 4.98 Å². The Labute approximate surface area is 107 Å². The molecule has 4 heteroatoms. The van der Waals surface area contributed by atoms with Crippen molar-refractivity contribution in [2.75, 3.05) is 18.4 Å². The van der Waals surface area contributed by atoms with E-state index in [-0.39, 0.29) is 0 Å². The molecule has 1 fully saturated rings. The summed E-state index contributed by atoms with van der Waals surface area (Å²) in [5.41, 5.74) is 3.31. The molecule has 1 atom stereocenters. The molecule has 1 aliphatic heterocycles. The van der Waals surface area contributed by atoms with Crippen LogP contribution in [-0.2, 0) is 0 Å². The first-order valence-corrected chi connectivity index (χ1v) is 6.75. The fourth-order valence-electron chi connectivity index (χ4n) is 2.59. The summed E-state index contributed by atoms with van der Waals surface area (Å²) in [5, 5.41) is 7.05. The highest BCUT2D eigenvalue weighted by molar-refractivity contribution is 5.79. The Balaban J connectivity index is 1.66. The van der Waals surface area contributed by atoms with Crippen LogP contribution in [-0.4, -0.2) is 29.1 Å². The predicted octanol–water partition coefficient (Wildman–Crippen LogP) is 2.43. The zero-order valence-corrected chi connectivity index (χ0v) is 10.8. The zero-order chi connectivity index (χ0) is 12.4. The highest BCUT2D eigenvalue weighted by Crippen LogP contribution is 2.17. The summed E-state index contributed by atoms with van der Waals surface area (Å²) in [6.45, 7) is 4.14. The lowest BCUT2D eigenvalue weighted by Crippen LogP contribution is -2.39. The number of rotatable bonds is 3. The van der Waals surface area contributed by atoms with Crippen LogP contribution >= 0.6 is 0 Å². The molecule has 0 bridgehead atoms.